The molecule has 0 aliphatic heterocycles. The van der Waals surface area contributed by atoms with Crippen LogP contribution < -0.4 is 20.1 Å². The molecule has 3 N–H and O–H groups in total. The van der Waals surface area contributed by atoms with Crippen LogP contribution in [0.15, 0.2) is 36.4 Å². The molecule has 0 atom stereocenters. The Morgan fingerprint density at radius 3 is 2.23 bits per heavy atom. The Kier molecular flexibility index (Phi) is 7.17. The summed E-state index contributed by atoms with van der Waals surface area (Å²) in [5.74, 6) is -0.0660. The van der Waals surface area contributed by atoms with Crippen molar-refractivity contribution in [1.29, 1.82) is 0 Å². The summed E-state index contributed by atoms with van der Waals surface area (Å²) in [7, 11) is -2.03. The molecule has 0 fully saturated rings. The number of benzene rings is 2. The molecule has 0 aromatic heterocycles. The normalized spacial score (nSPS) is 11.4. The zero-order valence-corrected chi connectivity index (χ0v) is 19.1. The summed E-state index contributed by atoms with van der Waals surface area (Å²) < 4.78 is 35.9. The molecule has 2 aromatic rings. The summed E-state index contributed by atoms with van der Waals surface area (Å²) >= 11 is 0. The summed E-state index contributed by atoms with van der Waals surface area (Å²) in [5, 5.41) is 5.32. The third kappa shape index (κ3) is 7.49. The second kappa shape index (κ2) is 9.25. The van der Waals surface area contributed by atoms with Crippen molar-refractivity contribution >= 4 is 39.1 Å². The zero-order valence-electron chi connectivity index (χ0n) is 18.3. The molecule has 168 valence electrons. The maximum atomic E-state index is 12.7. The van der Waals surface area contributed by atoms with Gasteiger partial charge in [-0.05, 0) is 63.6 Å². The van der Waals surface area contributed by atoms with Crippen LogP contribution in [0.3, 0.4) is 0 Å². The minimum absolute atomic E-state index is 0.259. The summed E-state index contributed by atoms with van der Waals surface area (Å²) in [6.07, 6.45) is 0.375. The van der Waals surface area contributed by atoms with E-state index in [1.807, 2.05) is 0 Å². The molecule has 31 heavy (non-hydrogen) atoms. The summed E-state index contributed by atoms with van der Waals surface area (Å²) in [6, 6.07) is 9.42. The molecule has 0 aliphatic rings. The van der Waals surface area contributed by atoms with Crippen LogP contribution in [0.2, 0.25) is 0 Å². The molecule has 0 aliphatic carbocycles. The van der Waals surface area contributed by atoms with Crippen molar-refractivity contribution in [3.63, 3.8) is 0 Å². The minimum Gasteiger partial charge on any atom is -0.495 e. The Morgan fingerprint density at radius 2 is 1.65 bits per heavy atom. The van der Waals surface area contributed by atoms with Crippen molar-refractivity contribution in [2.24, 2.45) is 0 Å². The smallest absolute Gasteiger partial charge is 0.412 e. The average molecular weight is 450 g/mol. The topological polar surface area (TPSA) is 123 Å². The van der Waals surface area contributed by atoms with E-state index in [0.717, 1.165) is 6.26 Å². The van der Waals surface area contributed by atoms with E-state index in [1.165, 1.54) is 19.2 Å². The predicted octanol–water partition coefficient (Wildman–Crippen LogP) is 3.97. The highest BCUT2D eigenvalue weighted by molar-refractivity contribution is 7.92. The number of ether oxygens (including phenoxy) is 2. The minimum atomic E-state index is -3.49. The molecule has 0 saturated carbocycles. The van der Waals surface area contributed by atoms with Gasteiger partial charge in [-0.25, -0.2) is 13.2 Å². The Hall–Kier alpha value is -3.27. The number of aryl methyl sites for hydroxylation is 1. The predicted molar refractivity (Wildman–Crippen MR) is 120 cm³/mol. The fourth-order valence-electron chi connectivity index (χ4n) is 2.57. The van der Waals surface area contributed by atoms with Crippen molar-refractivity contribution in [1.82, 2.24) is 0 Å². The molecule has 0 heterocycles. The molecule has 0 radical (unpaired) electrons. The van der Waals surface area contributed by atoms with Gasteiger partial charge in [-0.15, -0.1) is 0 Å². The van der Waals surface area contributed by atoms with Crippen molar-refractivity contribution < 1.29 is 27.5 Å². The van der Waals surface area contributed by atoms with Crippen LogP contribution in [0.25, 0.3) is 0 Å². The molecular weight excluding hydrogens is 422 g/mol. The van der Waals surface area contributed by atoms with E-state index >= 15 is 0 Å². The van der Waals surface area contributed by atoms with Gasteiger partial charge in [0.1, 0.15) is 11.4 Å². The zero-order chi connectivity index (χ0) is 23.4. The number of hydrogen-bond donors (Lipinski definition) is 3. The van der Waals surface area contributed by atoms with Crippen LogP contribution in [0.1, 0.15) is 36.7 Å². The first-order chi connectivity index (χ1) is 14.3. The third-order valence-electron chi connectivity index (χ3n) is 3.89. The molecule has 0 bridgehead atoms. The second-order valence-corrected chi connectivity index (χ2v) is 9.65. The average Bonchev–Trinajstić information content (AvgIpc) is 2.61. The number of nitrogens with one attached hydrogen (secondary N) is 3. The van der Waals surface area contributed by atoms with E-state index in [-0.39, 0.29) is 5.56 Å². The van der Waals surface area contributed by atoms with E-state index in [2.05, 4.69) is 15.4 Å². The van der Waals surface area contributed by atoms with Crippen LogP contribution in [-0.4, -0.2) is 39.4 Å². The molecule has 2 rings (SSSR count). The standard InChI is InChI=1S/C21H27N3O6S/c1-13-7-8-14(11-16(13)24-31(6,27)28)19(25)22-15-9-10-18(29-5)17(12-15)23-20(26)30-21(2,3)4/h7-12,24H,1-6H3,(H,22,25)(H,23,26). The number of sulfonamides is 1. The Bertz CT molecular complexity index is 1090. The summed E-state index contributed by atoms with van der Waals surface area (Å²) in [6.45, 7) is 6.96. The highest BCUT2D eigenvalue weighted by atomic mass is 32.2. The van der Waals surface area contributed by atoms with Gasteiger partial charge in [0.2, 0.25) is 10.0 Å². The van der Waals surface area contributed by atoms with Crippen molar-refractivity contribution in [2.45, 2.75) is 33.3 Å². The second-order valence-electron chi connectivity index (χ2n) is 7.90. The van der Waals surface area contributed by atoms with Crippen LogP contribution in [0.4, 0.5) is 21.9 Å². The van der Waals surface area contributed by atoms with Gasteiger partial charge in [0.05, 0.1) is 24.7 Å². The fraction of sp³-hybridized carbons (Fsp3) is 0.333. The molecule has 0 saturated heterocycles. The van der Waals surface area contributed by atoms with Crippen molar-refractivity contribution in [3.05, 3.63) is 47.5 Å². The lowest BCUT2D eigenvalue weighted by molar-refractivity contribution is 0.0635. The van der Waals surface area contributed by atoms with E-state index in [9.17, 15) is 18.0 Å². The summed E-state index contributed by atoms with van der Waals surface area (Å²) in [5.41, 5.74) is 1.29. The number of amides is 2. The lowest BCUT2D eigenvalue weighted by atomic mass is 10.1. The molecule has 0 unspecified atom stereocenters. The Morgan fingerprint density at radius 1 is 0.968 bits per heavy atom. The van der Waals surface area contributed by atoms with Gasteiger partial charge in [0.15, 0.2) is 0 Å². The lowest BCUT2D eigenvalue weighted by Gasteiger charge is -2.20. The van der Waals surface area contributed by atoms with Crippen molar-refractivity contribution in [2.75, 3.05) is 28.7 Å². The fourth-order valence-corrected chi connectivity index (χ4v) is 3.19. The SMILES string of the molecule is COc1ccc(NC(=O)c2ccc(C)c(NS(C)(=O)=O)c2)cc1NC(=O)OC(C)(C)C. The number of methoxy groups -OCH3 is 1. The monoisotopic (exact) mass is 449 g/mol. The molecule has 9 nitrogen and oxygen atoms in total. The van der Waals surface area contributed by atoms with Gasteiger partial charge in [0.25, 0.3) is 5.91 Å². The molecule has 10 heteroatoms. The number of rotatable bonds is 6. The van der Waals surface area contributed by atoms with Crippen LogP contribution in [-0.2, 0) is 14.8 Å². The Balaban J connectivity index is 2.23. The largest absolute Gasteiger partial charge is 0.495 e. The summed E-state index contributed by atoms with van der Waals surface area (Å²) in [4.78, 5) is 24.8. The van der Waals surface area contributed by atoms with Crippen LogP contribution >= 0.6 is 0 Å². The highest BCUT2D eigenvalue weighted by Gasteiger charge is 2.18. The van der Waals surface area contributed by atoms with Gasteiger partial charge < -0.3 is 14.8 Å². The van der Waals surface area contributed by atoms with E-state index < -0.39 is 27.6 Å². The van der Waals surface area contributed by atoms with Gasteiger partial charge in [-0.3, -0.25) is 14.8 Å². The van der Waals surface area contributed by atoms with Crippen molar-refractivity contribution in [3.8, 4) is 5.75 Å². The van der Waals surface area contributed by atoms with Crippen LogP contribution in [0, 0.1) is 6.92 Å². The van der Waals surface area contributed by atoms with E-state index in [4.69, 9.17) is 9.47 Å². The molecule has 0 spiro atoms. The van der Waals surface area contributed by atoms with Gasteiger partial charge in [0, 0.05) is 11.3 Å². The highest BCUT2D eigenvalue weighted by Crippen LogP contribution is 2.29. The van der Waals surface area contributed by atoms with E-state index in [0.29, 0.717) is 28.4 Å². The van der Waals surface area contributed by atoms with Gasteiger partial charge in [-0.1, -0.05) is 6.07 Å². The molecular formula is C21H27N3O6S. The maximum absolute atomic E-state index is 12.7. The van der Waals surface area contributed by atoms with Gasteiger partial charge >= 0.3 is 6.09 Å². The maximum Gasteiger partial charge on any atom is 0.412 e. The number of anilines is 3. The molecule has 2 amide bonds. The number of hydrogen-bond acceptors (Lipinski definition) is 6. The lowest BCUT2D eigenvalue weighted by Crippen LogP contribution is -2.27. The molecule has 2 aromatic carbocycles. The van der Waals surface area contributed by atoms with Crippen LogP contribution in [0.5, 0.6) is 5.75 Å². The first kappa shape index (κ1) is 24.0. The Labute approximate surface area is 182 Å². The van der Waals surface area contributed by atoms with Gasteiger partial charge in [-0.2, -0.15) is 0 Å². The quantitative estimate of drug-likeness (QED) is 0.613. The number of carbonyl (C=O) groups is 2. The number of carbonyl (C=O) groups excluding carboxylic acids is 2. The first-order valence-corrected chi connectivity index (χ1v) is 11.2. The third-order valence-corrected chi connectivity index (χ3v) is 4.48. The van der Waals surface area contributed by atoms with E-state index in [1.54, 1.807) is 52.0 Å². The first-order valence-electron chi connectivity index (χ1n) is 9.35.